The van der Waals surface area contributed by atoms with Crippen LogP contribution >= 0.6 is 0 Å². The molecule has 7 heteroatoms. The summed E-state index contributed by atoms with van der Waals surface area (Å²) in [5, 5.41) is 7.09. The first-order chi connectivity index (χ1) is 13.3. The molecule has 0 unspecified atom stereocenters. The molecule has 7 nitrogen and oxygen atoms in total. The lowest BCUT2D eigenvalue weighted by molar-refractivity contribution is 0.297. The van der Waals surface area contributed by atoms with Crippen molar-refractivity contribution in [3.05, 3.63) is 60.3 Å². The smallest absolute Gasteiger partial charge is 0.193 e. The first-order valence-electron chi connectivity index (χ1n) is 8.75. The summed E-state index contributed by atoms with van der Waals surface area (Å²) in [5.41, 5.74) is 8.45. The van der Waals surface area contributed by atoms with E-state index in [1.54, 1.807) is 0 Å². The summed E-state index contributed by atoms with van der Waals surface area (Å²) in [5.74, 6) is 2.43. The highest BCUT2D eigenvalue weighted by Crippen LogP contribution is 2.32. The second-order valence-electron chi connectivity index (χ2n) is 6.09. The van der Waals surface area contributed by atoms with Crippen molar-refractivity contribution in [1.29, 1.82) is 0 Å². The number of anilines is 1. The summed E-state index contributed by atoms with van der Waals surface area (Å²) in [4.78, 5) is 4.32. The van der Waals surface area contributed by atoms with Crippen LogP contribution in [-0.4, -0.2) is 24.3 Å². The monoisotopic (exact) mass is 364 g/mol. The number of hydrogen-bond donors (Lipinski definition) is 2. The number of nitrogens with zero attached hydrogens (tertiary/aromatic N) is 2. The van der Waals surface area contributed by atoms with Crippen LogP contribution in [0.25, 0.3) is 11.3 Å². The Morgan fingerprint density at radius 1 is 1.04 bits per heavy atom. The predicted octanol–water partition coefficient (Wildman–Crippen LogP) is 3.43. The average Bonchev–Trinajstić information content (AvgIpc) is 3.05. The molecule has 0 radical (unpaired) electrons. The molecule has 27 heavy (non-hydrogen) atoms. The third-order valence-corrected chi connectivity index (χ3v) is 4.05. The van der Waals surface area contributed by atoms with Gasteiger partial charge in [-0.25, -0.2) is 4.99 Å². The van der Waals surface area contributed by atoms with Gasteiger partial charge in [0.25, 0.3) is 0 Å². The molecule has 0 bridgehead atoms. The van der Waals surface area contributed by atoms with Crippen molar-refractivity contribution in [2.24, 2.45) is 10.7 Å². The Morgan fingerprint density at radius 3 is 2.70 bits per heavy atom. The van der Waals surface area contributed by atoms with Gasteiger partial charge in [-0.05, 0) is 12.1 Å². The van der Waals surface area contributed by atoms with Gasteiger partial charge in [-0.3, -0.25) is 0 Å². The summed E-state index contributed by atoms with van der Waals surface area (Å²) in [7, 11) is 0. The number of nitrogens with two attached hydrogens (primary N) is 1. The Hall–Kier alpha value is -3.48. The minimum atomic E-state index is 0.286. The average molecular weight is 364 g/mol. The molecule has 0 aliphatic carbocycles. The van der Waals surface area contributed by atoms with Crippen molar-refractivity contribution in [2.45, 2.75) is 13.0 Å². The van der Waals surface area contributed by atoms with Crippen molar-refractivity contribution in [1.82, 2.24) is 5.16 Å². The van der Waals surface area contributed by atoms with E-state index >= 15 is 0 Å². The highest BCUT2D eigenvalue weighted by molar-refractivity contribution is 5.92. The molecule has 138 valence electrons. The summed E-state index contributed by atoms with van der Waals surface area (Å²) >= 11 is 0. The SMILES string of the molecule is NC(=NCc1cc(-c2ccccc2)on1)Nc1ccc2c(c1)OCCCO2. The first kappa shape index (κ1) is 17.0. The van der Waals surface area contributed by atoms with Crippen LogP contribution in [-0.2, 0) is 6.54 Å². The van der Waals surface area contributed by atoms with E-state index in [9.17, 15) is 0 Å². The number of ether oxygens (including phenoxy) is 2. The van der Waals surface area contributed by atoms with Gasteiger partial charge in [0.1, 0.15) is 5.69 Å². The fourth-order valence-corrected chi connectivity index (χ4v) is 2.72. The topological polar surface area (TPSA) is 94.9 Å². The summed E-state index contributed by atoms with van der Waals surface area (Å²) in [6, 6.07) is 17.2. The Morgan fingerprint density at radius 2 is 1.85 bits per heavy atom. The zero-order chi connectivity index (χ0) is 18.5. The number of aliphatic imine (C=N–C) groups is 1. The minimum Gasteiger partial charge on any atom is -0.490 e. The highest BCUT2D eigenvalue weighted by atomic mass is 16.5. The maximum absolute atomic E-state index is 5.99. The van der Waals surface area contributed by atoms with Gasteiger partial charge in [0.2, 0.25) is 0 Å². The number of nitrogens with one attached hydrogen (secondary N) is 1. The van der Waals surface area contributed by atoms with Gasteiger partial charge in [0.15, 0.2) is 23.2 Å². The van der Waals surface area contributed by atoms with Gasteiger partial charge in [-0.2, -0.15) is 0 Å². The largest absolute Gasteiger partial charge is 0.490 e. The maximum atomic E-state index is 5.99. The quantitative estimate of drug-likeness (QED) is 0.544. The second-order valence-corrected chi connectivity index (χ2v) is 6.09. The van der Waals surface area contributed by atoms with Gasteiger partial charge < -0.3 is 25.0 Å². The molecule has 2 aromatic carbocycles. The molecule has 0 saturated carbocycles. The van der Waals surface area contributed by atoms with Crippen molar-refractivity contribution >= 4 is 11.6 Å². The van der Waals surface area contributed by atoms with Crippen LogP contribution in [0.5, 0.6) is 11.5 Å². The summed E-state index contributed by atoms with van der Waals surface area (Å²) in [6.07, 6.45) is 0.865. The van der Waals surface area contributed by atoms with Crippen LogP contribution < -0.4 is 20.5 Å². The molecule has 3 aromatic rings. The number of benzene rings is 2. The van der Waals surface area contributed by atoms with Crippen molar-refractivity contribution in [3.63, 3.8) is 0 Å². The standard InChI is InChI=1S/C20H20N4O3/c21-20(23-15-7-8-17-19(11-15)26-10-4-9-25-17)22-13-16-12-18(27-24-16)14-5-2-1-3-6-14/h1-3,5-8,11-12H,4,9-10,13H2,(H3,21,22,23). The van der Waals surface area contributed by atoms with E-state index in [1.807, 2.05) is 54.6 Å². The predicted molar refractivity (Wildman–Crippen MR) is 103 cm³/mol. The van der Waals surface area contributed by atoms with Gasteiger partial charge in [-0.15, -0.1) is 0 Å². The molecule has 0 fully saturated rings. The van der Waals surface area contributed by atoms with E-state index in [-0.39, 0.29) is 5.96 Å². The Bertz CT molecular complexity index is 937. The van der Waals surface area contributed by atoms with Crippen LogP contribution in [0.1, 0.15) is 12.1 Å². The second kappa shape index (κ2) is 7.82. The van der Waals surface area contributed by atoms with E-state index in [0.29, 0.717) is 37.0 Å². The lowest BCUT2D eigenvalue weighted by atomic mass is 10.2. The fraction of sp³-hybridized carbons (Fsp3) is 0.200. The molecule has 1 aromatic heterocycles. The minimum absolute atomic E-state index is 0.286. The van der Waals surface area contributed by atoms with Gasteiger partial charge >= 0.3 is 0 Å². The molecule has 0 spiro atoms. The van der Waals surface area contributed by atoms with Crippen LogP contribution in [0.3, 0.4) is 0 Å². The lowest BCUT2D eigenvalue weighted by Gasteiger charge is -2.10. The third kappa shape index (κ3) is 4.20. The highest BCUT2D eigenvalue weighted by Gasteiger charge is 2.11. The van der Waals surface area contributed by atoms with Crippen molar-refractivity contribution < 1.29 is 14.0 Å². The Labute approximate surface area is 156 Å². The number of fused-ring (bicyclic) bond motifs is 1. The molecule has 3 N–H and O–H groups in total. The zero-order valence-electron chi connectivity index (χ0n) is 14.7. The van der Waals surface area contributed by atoms with E-state index < -0.39 is 0 Å². The Balaban J connectivity index is 1.40. The van der Waals surface area contributed by atoms with Gasteiger partial charge in [0.05, 0.1) is 19.8 Å². The van der Waals surface area contributed by atoms with Crippen LogP contribution in [0.15, 0.2) is 64.1 Å². The normalized spacial score (nSPS) is 13.9. The molecule has 1 aliphatic rings. The molecule has 2 heterocycles. The van der Waals surface area contributed by atoms with Crippen molar-refractivity contribution in [2.75, 3.05) is 18.5 Å². The summed E-state index contributed by atoms with van der Waals surface area (Å²) in [6.45, 7) is 1.61. The Kier molecular flexibility index (Phi) is 4.91. The number of guanidine groups is 1. The third-order valence-electron chi connectivity index (χ3n) is 4.05. The molecular weight excluding hydrogens is 344 g/mol. The number of hydrogen-bond acceptors (Lipinski definition) is 5. The molecule has 0 amide bonds. The molecule has 0 atom stereocenters. The molecule has 1 aliphatic heterocycles. The number of aromatic nitrogens is 1. The van der Waals surface area contributed by atoms with Crippen LogP contribution in [0, 0.1) is 0 Å². The van der Waals surface area contributed by atoms with Gasteiger partial charge in [-0.1, -0.05) is 35.5 Å². The molecular formula is C20H20N4O3. The van der Waals surface area contributed by atoms with E-state index in [0.717, 1.165) is 23.4 Å². The first-order valence-corrected chi connectivity index (χ1v) is 8.75. The van der Waals surface area contributed by atoms with Crippen LogP contribution in [0.2, 0.25) is 0 Å². The fourth-order valence-electron chi connectivity index (χ4n) is 2.72. The van der Waals surface area contributed by atoms with Gasteiger partial charge in [0, 0.05) is 29.8 Å². The molecule has 4 rings (SSSR count). The maximum Gasteiger partial charge on any atom is 0.193 e. The van der Waals surface area contributed by atoms with E-state index in [2.05, 4.69) is 15.5 Å². The number of rotatable bonds is 4. The summed E-state index contributed by atoms with van der Waals surface area (Å²) < 4.78 is 16.7. The van der Waals surface area contributed by atoms with E-state index in [1.165, 1.54) is 0 Å². The lowest BCUT2D eigenvalue weighted by Crippen LogP contribution is -2.22. The van der Waals surface area contributed by atoms with Crippen molar-refractivity contribution in [3.8, 4) is 22.8 Å². The van der Waals surface area contributed by atoms with Crippen LogP contribution in [0.4, 0.5) is 5.69 Å². The molecule has 0 saturated heterocycles. The van der Waals surface area contributed by atoms with E-state index in [4.69, 9.17) is 19.7 Å². The zero-order valence-corrected chi connectivity index (χ0v) is 14.7.